The van der Waals surface area contributed by atoms with Crippen LogP contribution in [0.15, 0.2) is 34.7 Å². The van der Waals surface area contributed by atoms with Gasteiger partial charge in [0.25, 0.3) is 11.8 Å². The maximum Gasteiger partial charge on any atom is 0.341 e. The number of nitrogens with two attached hydrogens (primary N) is 1. The van der Waals surface area contributed by atoms with Crippen molar-refractivity contribution in [2.75, 3.05) is 12.4 Å². The number of rotatable bonds is 4. The lowest BCUT2D eigenvalue weighted by Crippen LogP contribution is -2.21. The summed E-state index contributed by atoms with van der Waals surface area (Å²) in [6.45, 7) is 1.54. The summed E-state index contributed by atoms with van der Waals surface area (Å²) in [6, 6.07) is 8.49. The lowest BCUT2D eigenvalue weighted by Gasteiger charge is -2.07. The fourth-order valence-electron chi connectivity index (χ4n) is 2.60. The molecule has 138 valence electrons. The number of amides is 2. The SMILES string of the molecule is COC(=O)c1c(NC(=O)c2cc3ccccc3oc2=N)sc(C(N)=O)c1C. The van der Waals surface area contributed by atoms with Gasteiger partial charge in [-0.2, -0.15) is 0 Å². The average molecular weight is 385 g/mol. The van der Waals surface area contributed by atoms with Crippen molar-refractivity contribution in [3.05, 3.63) is 57.5 Å². The van der Waals surface area contributed by atoms with Crippen LogP contribution < -0.4 is 16.6 Å². The standard InChI is InChI=1S/C18H15N3O5S/c1-8-12(18(24)25-2)17(27-13(8)14(19)22)21-16(23)10-7-9-5-3-4-6-11(9)26-15(10)20/h3-7,20H,1-2H3,(H2,19,22)(H,21,23). The largest absolute Gasteiger partial charge is 0.465 e. The summed E-state index contributed by atoms with van der Waals surface area (Å²) >= 11 is 0.871. The van der Waals surface area contributed by atoms with Crippen LogP contribution in [0.25, 0.3) is 11.0 Å². The molecule has 0 radical (unpaired) electrons. The van der Waals surface area contributed by atoms with Crippen molar-refractivity contribution in [2.45, 2.75) is 6.92 Å². The Labute approximate surface area is 157 Å². The minimum absolute atomic E-state index is 0.0174. The summed E-state index contributed by atoms with van der Waals surface area (Å²) in [5.41, 5.74) is 5.83. The van der Waals surface area contributed by atoms with E-state index in [0.717, 1.165) is 11.3 Å². The van der Waals surface area contributed by atoms with Gasteiger partial charge in [-0.05, 0) is 24.6 Å². The summed E-state index contributed by atoms with van der Waals surface area (Å²) < 4.78 is 10.1. The van der Waals surface area contributed by atoms with E-state index in [9.17, 15) is 14.4 Å². The number of benzene rings is 1. The highest BCUT2D eigenvalue weighted by molar-refractivity contribution is 7.18. The molecule has 9 heteroatoms. The zero-order valence-electron chi connectivity index (χ0n) is 14.4. The number of thiophene rings is 1. The number of hydrogen-bond acceptors (Lipinski definition) is 7. The molecule has 0 atom stereocenters. The fraction of sp³-hybridized carbons (Fsp3) is 0.111. The Balaban J connectivity index is 2.05. The maximum atomic E-state index is 12.7. The van der Waals surface area contributed by atoms with Crippen LogP contribution in [0.3, 0.4) is 0 Å². The molecule has 8 nitrogen and oxygen atoms in total. The highest BCUT2D eigenvalue weighted by atomic mass is 32.1. The van der Waals surface area contributed by atoms with Gasteiger partial charge in [0.1, 0.15) is 16.1 Å². The van der Waals surface area contributed by atoms with E-state index in [1.54, 1.807) is 31.2 Å². The summed E-state index contributed by atoms with van der Waals surface area (Å²) in [6.07, 6.45) is 0. The summed E-state index contributed by atoms with van der Waals surface area (Å²) in [7, 11) is 1.19. The van der Waals surface area contributed by atoms with Gasteiger partial charge in [-0.25, -0.2) is 4.79 Å². The van der Waals surface area contributed by atoms with Crippen LogP contribution in [0.1, 0.15) is 36.0 Å². The number of nitrogens with one attached hydrogen (secondary N) is 2. The summed E-state index contributed by atoms with van der Waals surface area (Å²) in [5, 5.41) is 11.3. The first-order chi connectivity index (χ1) is 12.8. The number of para-hydroxylation sites is 1. The number of anilines is 1. The van der Waals surface area contributed by atoms with Crippen molar-refractivity contribution in [1.29, 1.82) is 5.41 Å². The molecule has 4 N–H and O–H groups in total. The molecule has 0 spiro atoms. The number of carbonyl (C=O) groups is 3. The zero-order chi connectivity index (χ0) is 19.7. The van der Waals surface area contributed by atoms with Gasteiger partial charge in [0.2, 0.25) is 5.55 Å². The van der Waals surface area contributed by atoms with Crippen LogP contribution in [0.5, 0.6) is 0 Å². The van der Waals surface area contributed by atoms with Gasteiger partial charge in [0.05, 0.1) is 17.6 Å². The Morgan fingerprint density at radius 1 is 1.26 bits per heavy atom. The third kappa shape index (κ3) is 3.32. The molecule has 1 aromatic carbocycles. The Hall–Kier alpha value is -3.46. The fourth-order valence-corrected chi connectivity index (χ4v) is 3.64. The first-order valence-corrected chi connectivity index (χ1v) is 8.55. The number of fused-ring (bicyclic) bond motifs is 1. The molecule has 0 aliphatic rings. The predicted octanol–water partition coefficient (Wildman–Crippen LogP) is 2.42. The van der Waals surface area contributed by atoms with Gasteiger partial charge in [0, 0.05) is 5.39 Å². The molecule has 0 aliphatic carbocycles. The van der Waals surface area contributed by atoms with Gasteiger partial charge in [0.15, 0.2) is 0 Å². The summed E-state index contributed by atoms with van der Waals surface area (Å²) in [4.78, 5) is 36.5. The van der Waals surface area contributed by atoms with E-state index in [2.05, 4.69) is 5.32 Å². The monoisotopic (exact) mass is 385 g/mol. The van der Waals surface area contributed by atoms with Crippen molar-refractivity contribution >= 4 is 45.1 Å². The van der Waals surface area contributed by atoms with Crippen LogP contribution in [0.2, 0.25) is 0 Å². The second-order valence-corrected chi connectivity index (χ2v) is 6.62. The van der Waals surface area contributed by atoms with Crippen molar-refractivity contribution in [3.8, 4) is 0 Å². The second kappa shape index (κ2) is 7.04. The number of ether oxygens (including phenoxy) is 1. The van der Waals surface area contributed by atoms with E-state index in [1.165, 1.54) is 13.2 Å². The van der Waals surface area contributed by atoms with Gasteiger partial charge < -0.3 is 20.2 Å². The zero-order valence-corrected chi connectivity index (χ0v) is 15.2. The van der Waals surface area contributed by atoms with Crippen LogP contribution in [-0.2, 0) is 4.74 Å². The van der Waals surface area contributed by atoms with Crippen LogP contribution in [0, 0.1) is 12.3 Å². The van der Waals surface area contributed by atoms with Gasteiger partial charge in [-0.15, -0.1) is 11.3 Å². The molecule has 0 saturated carbocycles. The molecular formula is C18H15N3O5S. The first-order valence-electron chi connectivity index (χ1n) is 7.73. The normalized spacial score (nSPS) is 10.6. The van der Waals surface area contributed by atoms with Gasteiger partial charge >= 0.3 is 5.97 Å². The van der Waals surface area contributed by atoms with Gasteiger partial charge in [-0.1, -0.05) is 18.2 Å². The lowest BCUT2D eigenvalue weighted by atomic mass is 10.1. The predicted molar refractivity (Wildman–Crippen MR) is 98.9 cm³/mol. The number of esters is 1. The van der Waals surface area contributed by atoms with Crippen molar-refractivity contribution < 1.29 is 23.5 Å². The van der Waals surface area contributed by atoms with Crippen LogP contribution >= 0.6 is 11.3 Å². The van der Waals surface area contributed by atoms with E-state index in [4.69, 9.17) is 20.3 Å². The molecule has 27 heavy (non-hydrogen) atoms. The molecule has 2 amide bonds. The first kappa shape index (κ1) is 18.3. The molecule has 2 heterocycles. The van der Waals surface area contributed by atoms with Gasteiger partial charge in [-0.3, -0.25) is 15.0 Å². The minimum Gasteiger partial charge on any atom is -0.465 e. The van der Waals surface area contributed by atoms with Crippen molar-refractivity contribution in [2.24, 2.45) is 5.73 Å². The second-order valence-electron chi connectivity index (χ2n) is 5.60. The Kier molecular flexibility index (Phi) is 4.78. The van der Waals surface area contributed by atoms with E-state index >= 15 is 0 Å². The van der Waals surface area contributed by atoms with E-state index < -0.39 is 17.8 Å². The van der Waals surface area contributed by atoms with E-state index in [0.29, 0.717) is 16.5 Å². The highest BCUT2D eigenvalue weighted by Gasteiger charge is 2.26. The third-order valence-electron chi connectivity index (χ3n) is 3.91. The molecule has 0 aliphatic heterocycles. The average Bonchev–Trinajstić information content (AvgIpc) is 2.96. The Morgan fingerprint density at radius 2 is 1.96 bits per heavy atom. The Morgan fingerprint density at radius 3 is 2.63 bits per heavy atom. The Bertz CT molecular complexity index is 1150. The molecule has 0 unspecified atom stereocenters. The molecule has 2 aromatic heterocycles. The molecule has 0 saturated heterocycles. The molecular weight excluding hydrogens is 370 g/mol. The molecule has 0 bridgehead atoms. The number of primary amides is 1. The van der Waals surface area contributed by atoms with Crippen molar-refractivity contribution in [1.82, 2.24) is 0 Å². The van der Waals surface area contributed by atoms with Crippen LogP contribution in [-0.4, -0.2) is 24.9 Å². The molecule has 0 fully saturated rings. The lowest BCUT2D eigenvalue weighted by molar-refractivity contribution is 0.0601. The van der Waals surface area contributed by atoms with E-state index in [-0.39, 0.29) is 26.6 Å². The number of carbonyl (C=O) groups excluding carboxylic acids is 3. The van der Waals surface area contributed by atoms with Crippen LogP contribution in [0.4, 0.5) is 5.00 Å². The highest BCUT2D eigenvalue weighted by Crippen LogP contribution is 2.33. The van der Waals surface area contributed by atoms with Crippen molar-refractivity contribution in [3.63, 3.8) is 0 Å². The molecule has 3 aromatic rings. The maximum absolute atomic E-state index is 12.7. The number of methoxy groups -OCH3 is 1. The smallest absolute Gasteiger partial charge is 0.341 e. The minimum atomic E-state index is -0.718. The third-order valence-corrected chi connectivity index (χ3v) is 5.13. The quantitative estimate of drug-likeness (QED) is 0.593. The number of hydrogen-bond donors (Lipinski definition) is 3. The van der Waals surface area contributed by atoms with E-state index in [1.807, 2.05) is 0 Å². The summed E-state index contributed by atoms with van der Waals surface area (Å²) in [5.74, 6) is -2.08. The topological polar surface area (TPSA) is 135 Å². The molecule has 3 rings (SSSR count).